The minimum Gasteiger partial charge on any atom is -0.349 e. The highest BCUT2D eigenvalue weighted by Crippen LogP contribution is 2.65. The molecule has 2 fully saturated rings. The van der Waals surface area contributed by atoms with Crippen LogP contribution in [0.25, 0.3) is 11.0 Å². The molecule has 5 heteroatoms. The third-order valence-corrected chi connectivity index (χ3v) is 6.83. The summed E-state index contributed by atoms with van der Waals surface area (Å²) in [5.41, 5.74) is 1.72. The van der Waals surface area contributed by atoms with Crippen LogP contribution in [0.2, 0.25) is 0 Å². The van der Waals surface area contributed by atoms with Crippen molar-refractivity contribution in [3.63, 3.8) is 0 Å². The molecule has 2 aliphatic carbocycles. The summed E-state index contributed by atoms with van der Waals surface area (Å²) in [4.78, 5) is 19.8. The van der Waals surface area contributed by atoms with Crippen LogP contribution in [0.3, 0.4) is 0 Å². The Labute approximate surface area is 134 Å². The summed E-state index contributed by atoms with van der Waals surface area (Å²) in [6, 6.07) is 2.78. The molecule has 2 saturated carbocycles. The Hall–Kier alpha value is -1.91. The maximum absolute atomic E-state index is 13.8. The number of nitrogens with zero attached hydrogens (tertiary/aromatic N) is 1. The van der Waals surface area contributed by atoms with Gasteiger partial charge in [-0.05, 0) is 48.1 Å². The van der Waals surface area contributed by atoms with Crippen molar-refractivity contribution in [1.82, 2.24) is 15.3 Å². The van der Waals surface area contributed by atoms with E-state index in [0.717, 1.165) is 12.8 Å². The lowest BCUT2D eigenvalue weighted by Gasteiger charge is -2.39. The molecule has 0 spiro atoms. The number of H-pyrrole nitrogens is 1. The van der Waals surface area contributed by atoms with E-state index in [-0.39, 0.29) is 22.8 Å². The summed E-state index contributed by atoms with van der Waals surface area (Å²) in [6.45, 7) is 6.90. The highest BCUT2D eigenvalue weighted by molar-refractivity contribution is 6.05. The number of nitrogens with one attached hydrogen (secondary N) is 2. The van der Waals surface area contributed by atoms with Crippen LogP contribution in [0, 0.1) is 22.6 Å². The molecule has 2 bridgehead atoms. The maximum atomic E-state index is 13.8. The molecular weight excluding hydrogens is 293 g/mol. The van der Waals surface area contributed by atoms with Crippen molar-refractivity contribution >= 4 is 16.9 Å². The Bertz CT molecular complexity index is 797. The second-order valence-electron chi connectivity index (χ2n) is 7.89. The van der Waals surface area contributed by atoms with Crippen molar-refractivity contribution in [3.8, 4) is 0 Å². The van der Waals surface area contributed by atoms with E-state index in [1.165, 1.54) is 24.9 Å². The number of fused-ring (bicyclic) bond motifs is 3. The number of hydrogen-bond donors (Lipinski definition) is 2. The number of hydrogen-bond acceptors (Lipinski definition) is 2. The third-order valence-electron chi connectivity index (χ3n) is 6.83. The van der Waals surface area contributed by atoms with Gasteiger partial charge in [-0.15, -0.1) is 0 Å². The van der Waals surface area contributed by atoms with Gasteiger partial charge in [0.2, 0.25) is 0 Å². The number of benzene rings is 1. The first kappa shape index (κ1) is 14.7. The second kappa shape index (κ2) is 4.56. The van der Waals surface area contributed by atoms with Crippen molar-refractivity contribution in [2.24, 2.45) is 16.7 Å². The van der Waals surface area contributed by atoms with Gasteiger partial charge in [0.1, 0.15) is 11.3 Å². The number of halogens is 1. The van der Waals surface area contributed by atoms with Gasteiger partial charge in [0.15, 0.2) is 0 Å². The van der Waals surface area contributed by atoms with E-state index in [0.29, 0.717) is 22.5 Å². The summed E-state index contributed by atoms with van der Waals surface area (Å²) in [6.07, 6.45) is 4.87. The van der Waals surface area contributed by atoms with Crippen LogP contribution in [-0.4, -0.2) is 21.9 Å². The zero-order valence-electron chi connectivity index (χ0n) is 13.7. The molecule has 4 nitrogen and oxygen atoms in total. The Kier molecular flexibility index (Phi) is 2.91. The van der Waals surface area contributed by atoms with Gasteiger partial charge in [0, 0.05) is 6.04 Å². The summed E-state index contributed by atoms with van der Waals surface area (Å²) >= 11 is 0. The van der Waals surface area contributed by atoms with E-state index in [1.807, 2.05) is 0 Å². The number of carbonyl (C=O) groups is 1. The van der Waals surface area contributed by atoms with Gasteiger partial charge in [-0.3, -0.25) is 4.79 Å². The Morgan fingerprint density at radius 2 is 2.17 bits per heavy atom. The summed E-state index contributed by atoms with van der Waals surface area (Å²) in [7, 11) is 0. The summed E-state index contributed by atoms with van der Waals surface area (Å²) < 4.78 is 13.8. The molecule has 23 heavy (non-hydrogen) atoms. The molecule has 0 unspecified atom stereocenters. The predicted molar refractivity (Wildman–Crippen MR) is 86.5 cm³/mol. The topological polar surface area (TPSA) is 57.8 Å². The zero-order valence-corrected chi connectivity index (χ0v) is 13.7. The van der Waals surface area contributed by atoms with Crippen LogP contribution in [0.5, 0.6) is 0 Å². The first-order valence-corrected chi connectivity index (χ1v) is 8.26. The second-order valence-corrected chi connectivity index (χ2v) is 7.89. The van der Waals surface area contributed by atoms with Crippen molar-refractivity contribution in [1.29, 1.82) is 0 Å². The Balaban J connectivity index is 1.65. The van der Waals surface area contributed by atoms with Crippen molar-refractivity contribution in [2.45, 2.75) is 46.1 Å². The van der Waals surface area contributed by atoms with Gasteiger partial charge in [0.05, 0.1) is 17.4 Å². The lowest BCUT2D eigenvalue weighted by Crippen LogP contribution is -2.46. The number of aromatic nitrogens is 2. The highest BCUT2D eigenvalue weighted by Gasteiger charge is 2.61. The molecule has 2 N–H and O–H groups in total. The lowest BCUT2D eigenvalue weighted by molar-refractivity contribution is 0.0827. The van der Waals surface area contributed by atoms with Crippen LogP contribution < -0.4 is 5.32 Å². The predicted octanol–water partition coefficient (Wildman–Crippen LogP) is 3.65. The fourth-order valence-corrected chi connectivity index (χ4v) is 4.85. The molecule has 1 aromatic heterocycles. The van der Waals surface area contributed by atoms with Crippen LogP contribution in [0.15, 0.2) is 18.5 Å². The van der Waals surface area contributed by atoms with Gasteiger partial charge in [0.25, 0.3) is 5.91 Å². The standard InChI is InChI=1S/C18H22FN3O/c1-17(2)10-4-5-18(17,3)14(6-10)22-16(23)12-7-11(19)8-13-15(12)21-9-20-13/h7-10,14H,4-6H2,1-3H3,(H,20,21)(H,22,23)/t10-,14-,18-/m0/s1. The molecule has 2 aliphatic rings. The quantitative estimate of drug-likeness (QED) is 0.889. The summed E-state index contributed by atoms with van der Waals surface area (Å²) in [5.74, 6) is -0.00160. The molecule has 1 amide bonds. The first-order valence-electron chi connectivity index (χ1n) is 8.26. The van der Waals surface area contributed by atoms with E-state index < -0.39 is 5.82 Å². The smallest absolute Gasteiger partial charge is 0.253 e. The van der Waals surface area contributed by atoms with Crippen LogP contribution in [0.4, 0.5) is 4.39 Å². The molecule has 0 aliphatic heterocycles. The number of imidazole rings is 1. The van der Waals surface area contributed by atoms with Crippen molar-refractivity contribution in [2.75, 3.05) is 0 Å². The average molecular weight is 315 g/mol. The molecular formula is C18H22FN3O. The monoisotopic (exact) mass is 315 g/mol. The molecule has 2 aromatic rings. The average Bonchev–Trinajstić information content (AvgIpc) is 3.08. The Morgan fingerprint density at radius 3 is 2.83 bits per heavy atom. The molecule has 4 rings (SSSR count). The Morgan fingerprint density at radius 1 is 1.39 bits per heavy atom. The maximum Gasteiger partial charge on any atom is 0.253 e. The molecule has 0 saturated heterocycles. The SMILES string of the molecule is CC1(C)[C@H]2CC[C@@]1(C)[C@@H](NC(=O)c1cc(F)cc3[nH]cnc13)C2. The minimum atomic E-state index is -0.425. The van der Waals surface area contributed by atoms with E-state index in [9.17, 15) is 9.18 Å². The van der Waals surface area contributed by atoms with Gasteiger partial charge in [-0.2, -0.15) is 0 Å². The van der Waals surface area contributed by atoms with Gasteiger partial charge < -0.3 is 10.3 Å². The van der Waals surface area contributed by atoms with Crippen molar-refractivity contribution < 1.29 is 9.18 Å². The van der Waals surface area contributed by atoms with Crippen LogP contribution in [0.1, 0.15) is 50.4 Å². The zero-order chi connectivity index (χ0) is 16.4. The normalized spacial score (nSPS) is 31.7. The molecule has 1 heterocycles. The number of amides is 1. The molecule has 1 aromatic carbocycles. The van der Waals surface area contributed by atoms with E-state index in [4.69, 9.17) is 0 Å². The fraction of sp³-hybridized carbons (Fsp3) is 0.556. The van der Waals surface area contributed by atoms with E-state index in [2.05, 4.69) is 36.1 Å². The van der Waals surface area contributed by atoms with Crippen LogP contribution in [-0.2, 0) is 0 Å². The van der Waals surface area contributed by atoms with Gasteiger partial charge in [-0.1, -0.05) is 20.8 Å². The number of aromatic amines is 1. The fourth-order valence-electron chi connectivity index (χ4n) is 4.85. The molecule has 3 atom stereocenters. The number of rotatable bonds is 2. The van der Waals surface area contributed by atoms with Gasteiger partial charge in [-0.25, -0.2) is 9.37 Å². The first-order chi connectivity index (χ1) is 10.8. The number of carbonyl (C=O) groups excluding carboxylic acids is 1. The molecule has 0 radical (unpaired) electrons. The van der Waals surface area contributed by atoms with E-state index >= 15 is 0 Å². The highest BCUT2D eigenvalue weighted by atomic mass is 19.1. The van der Waals surface area contributed by atoms with Gasteiger partial charge >= 0.3 is 0 Å². The largest absolute Gasteiger partial charge is 0.349 e. The lowest BCUT2D eigenvalue weighted by atomic mass is 9.69. The van der Waals surface area contributed by atoms with Crippen LogP contribution >= 0.6 is 0 Å². The third kappa shape index (κ3) is 1.88. The minimum absolute atomic E-state index is 0.103. The summed E-state index contributed by atoms with van der Waals surface area (Å²) in [5, 5.41) is 3.17. The van der Waals surface area contributed by atoms with Crippen molar-refractivity contribution in [3.05, 3.63) is 29.8 Å². The molecule has 122 valence electrons. The van der Waals surface area contributed by atoms with E-state index in [1.54, 1.807) is 0 Å².